The zero-order valence-corrected chi connectivity index (χ0v) is 17.0. The van der Waals surface area contributed by atoms with Gasteiger partial charge in [-0.15, -0.1) is 0 Å². The van der Waals surface area contributed by atoms with Gasteiger partial charge in [-0.05, 0) is 50.2 Å². The minimum Gasteiger partial charge on any atom is -0.318 e. The number of benzene rings is 2. The van der Waals surface area contributed by atoms with Crippen molar-refractivity contribution < 1.29 is 9.59 Å². The van der Waals surface area contributed by atoms with Crippen LogP contribution in [0, 0.1) is 13.8 Å². The van der Waals surface area contributed by atoms with Crippen molar-refractivity contribution in [2.75, 3.05) is 5.32 Å². The Labute approximate surface area is 171 Å². The number of carbonyl (C=O) groups is 2. The number of amides is 2. The van der Waals surface area contributed by atoms with Crippen molar-refractivity contribution in [2.45, 2.75) is 13.8 Å². The van der Waals surface area contributed by atoms with E-state index in [1.165, 1.54) is 6.21 Å². The number of hydrogen-bond donors (Lipinski definition) is 2. The third-order valence-electron chi connectivity index (χ3n) is 4.14. The Morgan fingerprint density at radius 2 is 1.75 bits per heavy atom. The average molecular weight is 439 g/mol. The van der Waals surface area contributed by atoms with Crippen LogP contribution in [-0.2, 0) is 9.59 Å². The van der Waals surface area contributed by atoms with Crippen molar-refractivity contribution in [3.8, 4) is 5.69 Å². The molecular formula is C21H19BrN4O2. The molecule has 6 nitrogen and oxygen atoms in total. The number of para-hydroxylation sites is 1. The number of carbonyl (C=O) groups excluding carboxylic acids is 2. The van der Waals surface area contributed by atoms with Crippen molar-refractivity contribution in [3.05, 3.63) is 82.1 Å². The van der Waals surface area contributed by atoms with Crippen molar-refractivity contribution in [1.29, 1.82) is 0 Å². The van der Waals surface area contributed by atoms with Crippen LogP contribution in [0.1, 0.15) is 17.0 Å². The molecule has 2 N–H and O–H groups in total. The first kappa shape index (κ1) is 19.6. The second-order valence-electron chi connectivity index (χ2n) is 6.16. The Hall–Kier alpha value is -3.19. The molecule has 0 aliphatic heterocycles. The van der Waals surface area contributed by atoms with Gasteiger partial charge in [0.05, 0.1) is 6.21 Å². The van der Waals surface area contributed by atoms with Crippen LogP contribution in [0.5, 0.6) is 0 Å². The summed E-state index contributed by atoms with van der Waals surface area (Å²) in [7, 11) is 0. The summed E-state index contributed by atoms with van der Waals surface area (Å²) in [6.45, 7) is 3.98. The van der Waals surface area contributed by atoms with Gasteiger partial charge in [-0.3, -0.25) is 9.59 Å². The molecule has 7 heteroatoms. The summed E-state index contributed by atoms with van der Waals surface area (Å²) in [4.78, 5) is 23.9. The van der Waals surface area contributed by atoms with Crippen molar-refractivity contribution in [2.24, 2.45) is 5.10 Å². The lowest BCUT2D eigenvalue weighted by atomic mass is 10.2. The summed E-state index contributed by atoms with van der Waals surface area (Å²) in [6, 6.07) is 18.9. The average Bonchev–Trinajstić information content (AvgIpc) is 2.95. The first-order valence-electron chi connectivity index (χ1n) is 8.60. The van der Waals surface area contributed by atoms with E-state index < -0.39 is 11.8 Å². The molecule has 0 unspecified atom stereocenters. The van der Waals surface area contributed by atoms with Crippen LogP contribution < -0.4 is 10.7 Å². The van der Waals surface area contributed by atoms with Crippen LogP contribution >= 0.6 is 15.9 Å². The molecule has 2 aromatic carbocycles. The number of aryl methyl sites for hydroxylation is 1. The standard InChI is InChI=1S/C21H19BrN4O2/c1-14-11-16(15(2)26(14)19-9-4-3-5-10-19)13-23-25-21(28)20(27)24-18-8-6-7-17(22)12-18/h3-13H,1-2H3,(H,24,27)(H,25,28)/b23-13-. The molecule has 0 atom stereocenters. The number of hydrazone groups is 1. The zero-order valence-electron chi connectivity index (χ0n) is 15.4. The fourth-order valence-corrected chi connectivity index (χ4v) is 3.26. The summed E-state index contributed by atoms with van der Waals surface area (Å²) in [5.41, 5.74) is 6.72. The second kappa shape index (κ2) is 8.67. The number of anilines is 1. The molecule has 0 saturated heterocycles. The predicted molar refractivity (Wildman–Crippen MR) is 114 cm³/mol. The molecule has 0 saturated carbocycles. The van der Waals surface area contributed by atoms with Crippen molar-refractivity contribution >= 4 is 39.6 Å². The number of nitrogens with one attached hydrogen (secondary N) is 2. The summed E-state index contributed by atoms with van der Waals surface area (Å²) < 4.78 is 2.90. The lowest BCUT2D eigenvalue weighted by Crippen LogP contribution is -2.32. The topological polar surface area (TPSA) is 75.5 Å². The van der Waals surface area contributed by atoms with E-state index in [-0.39, 0.29) is 0 Å². The quantitative estimate of drug-likeness (QED) is 0.367. The summed E-state index contributed by atoms with van der Waals surface area (Å²) in [5, 5.41) is 6.44. The smallest absolute Gasteiger partial charge is 0.318 e. The molecule has 0 spiro atoms. The maximum absolute atomic E-state index is 12.0. The van der Waals surface area contributed by atoms with Crippen LogP contribution in [0.3, 0.4) is 0 Å². The predicted octanol–water partition coefficient (Wildman–Crippen LogP) is 3.95. The maximum Gasteiger partial charge on any atom is 0.329 e. The fourth-order valence-electron chi connectivity index (χ4n) is 2.86. The van der Waals surface area contributed by atoms with Crippen LogP contribution in [0.15, 0.2) is 70.2 Å². The molecule has 0 radical (unpaired) electrons. The monoisotopic (exact) mass is 438 g/mol. The van der Waals surface area contributed by atoms with Gasteiger partial charge in [-0.2, -0.15) is 5.10 Å². The molecule has 3 rings (SSSR count). The first-order chi connectivity index (χ1) is 13.5. The highest BCUT2D eigenvalue weighted by Crippen LogP contribution is 2.19. The van der Waals surface area contributed by atoms with E-state index >= 15 is 0 Å². The molecule has 0 fully saturated rings. The Morgan fingerprint density at radius 3 is 2.46 bits per heavy atom. The van der Waals surface area contributed by atoms with Gasteiger partial charge in [0.2, 0.25) is 0 Å². The van der Waals surface area contributed by atoms with Gasteiger partial charge in [-0.1, -0.05) is 40.2 Å². The third-order valence-corrected chi connectivity index (χ3v) is 4.64. The summed E-state index contributed by atoms with van der Waals surface area (Å²) in [5.74, 6) is -1.63. The largest absolute Gasteiger partial charge is 0.329 e. The fraction of sp³-hybridized carbons (Fsp3) is 0.0952. The summed E-state index contributed by atoms with van der Waals surface area (Å²) >= 11 is 3.31. The Balaban J connectivity index is 1.66. The molecule has 2 amide bonds. The highest BCUT2D eigenvalue weighted by molar-refractivity contribution is 9.10. The molecule has 142 valence electrons. The van der Waals surface area contributed by atoms with Gasteiger partial charge in [0.25, 0.3) is 0 Å². The van der Waals surface area contributed by atoms with Crippen molar-refractivity contribution in [1.82, 2.24) is 9.99 Å². The molecule has 1 aromatic heterocycles. The summed E-state index contributed by atoms with van der Waals surface area (Å²) in [6.07, 6.45) is 1.53. The van der Waals surface area contributed by atoms with E-state index in [9.17, 15) is 9.59 Å². The van der Waals surface area contributed by atoms with Crippen LogP contribution in [0.2, 0.25) is 0 Å². The van der Waals surface area contributed by atoms with E-state index in [2.05, 4.69) is 36.3 Å². The molecule has 28 heavy (non-hydrogen) atoms. The van der Waals surface area contributed by atoms with Crippen LogP contribution in [0.25, 0.3) is 5.69 Å². The molecule has 0 aliphatic carbocycles. The highest BCUT2D eigenvalue weighted by atomic mass is 79.9. The second-order valence-corrected chi connectivity index (χ2v) is 7.08. The minimum atomic E-state index is -0.840. The van der Waals surface area contributed by atoms with Gasteiger partial charge < -0.3 is 9.88 Å². The number of rotatable bonds is 4. The van der Waals surface area contributed by atoms with E-state index in [4.69, 9.17) is 0 Å². The van der Waals surface area contributed by atoms with E-state index in [1.807, 2.05) is 56.3 Å². The van der Waals surface area contributed by atoms with Gasteiger partial charge in [-0.25, -0.2) is 5.43 Å². The zero-order chi connectivity index (χ0) is 20.1. The Morgan fingerprint density at radius 1 is 1.00 bits per heavy atom. The lowest BCUT2D eigenvalue weighted by Gasteiger charge is -2.09. The molecule has 3 aromatic rings. The van der Waals surface area contributed by atoms with Gasteiger partial charge >= 0.3 is 11.8 Å². The first-order valence-corrected chi connectivity index (χ1v) is 9.39. The SMILES string of the molecule is Cc1cc(/C=N\NC(=O)C(=O)Nc2cccc(Br)c2)c(C)n1-c1ccccc1. The van der Waals surface area contributed by atoms with E-state index in [0.717, 1.165) is 27.1 Å². The normalized spacial score (nSPS) is 10.8. The number of aromatic nitrogens is 1. The minimum absolute atomic E-state index is 0.518. The number of hydrogen-bond acceptors (Lipinski definition) is 3. The van der Waals surface area contributed by atoms with Crippen LogP contribution in [-0.4, -0.2) is 22.6 Å². The Bertz CT molecular complexity index is 1040. The maximum atomic E-state index is 12.0. The number of halogens is 1. The van der Waals surface area contributed by atoms with E-state index in [0.29, 0.717) is 5.69 Å². The van der Waals surface area contributed by atoms with Crippen LogP contribution in [0.4, 0.5) is 5.69 Å². The third kappa shape index (κ3) is 4.55. The Kier molecular flexibility index (Phi) is 6.06. The number of nitrogens with zero attached hydrogens (tertiary/aromatic N) is 2. The van der Waals surface area contributed by atoms with E-state index in [1.54, 1.807) is 18.2 Å². The molecule has 0 aliphatic rings. The molecular weight excluding hydrogens is 420 g/mol. The van der Waals surface area contributed by atoms with Gasteiger partial charge in [0, 0.05) is 32.8 Å². The van der Waals surface area contributed by atoms with Crippen molar-refractivity contribution in [3.63, 3.8) is 0 Å². The molecule has 1 heterocycles. The highest BCUT2D eigenvalue weighted by Gasteiger charge is 2.13. The van der Waals surface area contributed by atoms with Gasteiger partial charge in [0.15, 0.2) is 0 Å². The van der Waals surface area contributed by atoms with Gasteiger partial charge in [0.1, 0.15) is 0 Å². The molecule has 0 bridgehead atoms. The lowest BCUT2D eigenvalue weighted by molar-refractivity contribution is -0.136.